The molecular formula is C24H19NO. The van der Waals surface area contributed by atoms with Crippen molar-refractivity contribution in [2.75, 3.05) is 4.90 Å². The SMILES string of the molecule is Cc1ccccc1C(=O)N(c1ccccc1)c1ccc2ccccc2c1. The van der Waals surface area contributed by atoms with Gasteiger partial charge in [0.1, 0.15) is 0 Å². The minimum Gasteiger partial charge on any atom is -0.277 e. The minimum absolute atomic E-state index is 0.0235. The van der Waals surface area contributed by atoms with E-state index in [1.807, 2.05) is 79.7 Å². The number of aryl methyl sites for hydroxylation is 1. The van der Waals surface area contributed by atoms with Crippen molar-refractivity contribution in [3.63, 3.8) is 0 Å². The van der Waals surface area contributed by atoms with Gasteiger partial charge in [-0.2, -0.15) is 0 Å². The van der Waals surface area contributed by atoms with Gasteiger partial charge in [0.2, 0.25) is 0 Å². The highest BCUT2D eigenvalue weighted by atomic mass is 16.2. The lowest BCUT2D eigenvalue weighted by Gasteiger charge is -2.24. The molecule has 4 rings (SSSR count). The average Bonchev–Trinajstić information content (AvgIpc) is 2.69. The van der Waals surface area contributed by atoms with Crippen LogP contribution in [0.3, 0.4) is 0 Å². The van der Waals surface area contributed by atoms with Crippen LogP contribution in [0, 0.1) is 6.92 Å². The summed E-state index contributed by atoms with van der Waals surface area (Å²) in [6.07, 6.45) is 0. The third kappa shape index (κ3) is 2.98. The molecule has 2 nitrogen and oxygen atoms in total. The first-order valence-corrected chi connectivity index (χ1v) is 8.68. The number of anilines is 2. The second-order valence-electron chi connectivity index (χ2n) is 6.32. The number of amides is 1. The van der Waals surface area contributed by atoms with Crippen LogP contribution in [-0.4, -0.2) is 5.91 Å². The van der Waals surface area contributed by atoms with Gasteiger partial charge >= 0.3 is 0 Å². The van der Waals surface area contributed by atoms with Gasteiger partial charge in [-0.05, 0) is 53.6 Å². The van der Waals surface area contributed by atoms with Crippen molar-refractivity contribution in [2.24, 2.45) is 0 Å². The Morgan fingerprint density at radius 3 is 2.08 bits per heavy atom. The molecule has 0 aliphatic heterocycles. The fourth-order valence-electron chi connectivity index (χ4n) is 3.21. The molecule has 26 heavy (non-hydrogen) atoms. The van der Waals surface area contributed by atoms with Crippen molar-refractivity contribution >= 4 is 28.1 Å². The summed E-state index contributed by atoms with van der Waals surface area (Å²) < 4.78 is 0. The van der Waals surface area contributed by atoms with E-state index in [0.29, 0.717) is 5.56 Å². The predicted molar refractivity (Wildman–Crippen MR) is 108 cm³/mol. The molecular weight excluding hydrogens is 318 g/mol. The van der Waals surface area contributed by atoms with E-state index in [4.69, 9.17) is 0 Å². The maximum Gasteiger partial charge on any atom is 0.263 e. The van der Waals surface area contributed by atoms with Gasteiger partial charge in [-0.25, -0.2) is 0 Å². The van der Waals surface area contributed by atoms with Crippen molar-refractivity contribution in [2.45, 2.75) is 6.92 Å². The molecule has 1 amide bonds. The summed E-state index contributed by atoms with van der Waals surface area (Å²) >= 11 is 0. The van der Waals surface area contributed by atoms with Gasteiger partial charge in [0.05, 0.1) is 0 Å². The largest absolute Gasteiger partial charge is 0.277 e. The Bertz CT molecular complexity index is 1070. The van der Waals surface area contributed by atoms with E-state index in [1.54, 1.807) is 4.90 Å². The highest BCUT2D eigenvalue weighted by molar-refractivity contribution is 6.12. The minimum atomic E-state index is -0.0235. The quantitative estimate of drug-likeness (QED) is 0.440. The van der Waals surface area contributed by atoms with Gasteiger partial charge in [-0.15, -0.1) is 0 Å². The van der Waals surface area contributed by atoms with Crippen LogP contribution in [0.15, 0.2) is 97.1 Å². The van der Waals surface area contributed by atoms with Crippen molar-refractivity contribution in [3.8, 4) is 0 Å². The summed E-state index contributed by atoms with van der Waals surface area (Å²) in [6.45, 7) is 1.97. The van der Waals surface area contributed by atoms with E-state index >= 15 is 0 Å². The van der Waals surface area contributed by atoms with E-state index in [-0.39, 0.29) is 5.91 Å². The third-order valence-corrected chi connectivity index (χ3v) is 4.58. The first kappa shape index (κ1) is 16.1. The second-order valence-corrected chi connectivity index (χ2v) is 6.32. The summed E-state index contributed by atoms with van der Waals surface area (Å²) in [5, 5.41) is 2.27. The Kier molecular flexibility index (Phi) is 4.24. The molecule has 2 heteroatoms. The molecule has 126 valence electrons. The standard InChI is InChI=1S/C24H19NO/c1-18-9-5-8-14-23(18)24(26)25(21-12-3-2-4-13-21)22-16-15-19-10-6-7-11-20(19)17-22/h2-17H,1H3. The Labute approximate surface area is 153 Å². The van der Waals surface area contributed by atoms with Crippen LogP contribution >= 0.6 is 0 Å². The maximum atomic E-state index is 13.4. The van der Waals surface area contributed by atoms with Crippen LogP contribution in [-0.2, 0) is 0 Å². The zero-order valence-electron chi connectivity index (χ0n) is 14.6. The van der Waals surface area contributed by atoms with Crippen molar-refractivity contribution in [1.29, 1.82) is 0 Å². The first-order chi connectivity index (χ1) is 12.7. The Morgan fingerprint density at radius 2 is 1.31 bits per heavy atom. The van der Waals surface area contributed by atoms with E-state index in [0.717, 1.165) is 27.7 Å². The Morgan fingerprint density at radius 1 is 0.654 bits per heavy atom. The maximum absolute atomic E-state index is 13.4. The normalized spacial score (nSPS) is 10.7. The highest BCUT2D eigenvalue weighted by Crippen LogP contribution is 2.30. The fraction of sp³-hybridized carbons (Fsp3) is 0.0417. The fourth-order valence-corrected chi connectivity index (χ4v) is 3.21. The number of para-hydroxylation sites is 1. The van der Waals surface area contributed by atoms with Crippen LogP contribution in [0.5, 0.6) is 0 Å². The smallest absolute Gasteiger partial charge is 0.263 e. The molecule has 0 fully saturated rings. The van der Waals surface area contributed by atoms with Gasteiger partial charge in [-0.1, -0.05) is 66.7 Å². The highest BCUT2D eigenvalue weighted by Gasteiger charge is 2.21. The molecule has 4 aromatic carbocycles. The lowest BCUT2D eigenvalue weighted by atomic mass is 10.1. The van der Waals surface area contributed by atoms with E-state index < -0.39 is 0 Å². The van der Waals surface area contributed by atoms with Gasteiger partial charge in [0.15, 0.2) is 0 Å². The summed E-state index contributed by atoms with van der Waals surface area (Å²) in [5.41, 5.74) is 3.41. The molecule has 0 saturated carbocycles. The number of hydrogen-bond donors (Lipinski definition) is 0. The van der Waals surface area contributed by atoms with E-state index in [2.05, 4.69) is 24.3 Å². The number of fused-ring (bicyclic) bond motifs is 1. The number of carbonyl (C=O) groups excluding carboxylic acids is 1. The summed E-state index contributed by atoms with van der Waals surface area (Å²) in [6, 6.07) is 31.8. The van der Waals surface area contributed by atoms with Crippen LogP contribution < -0.4 is 4.90 Å². The lowest BCUT2D eigenvalue weighted by molar-refractivity contribution is 0.0998. The molecule has 0 saturated heterocycles. The van der Waals surface area contributed by atoms with E-state index in [1.165, 1.54) is 0 Å². The zero-order valence-corrected chi connectivity index (χ0v) is 14.6. The van der Waals surface area contributed by atoms with Crippen LogP contribution in [0.4, 0.5) is 11.4 Å². The van der Waals surface area contributed by atoms with Crippen molar-refractivity contribution in [3.05, 3.63) is 108 Å². The van der Waals surface area contributed by atoms with Crippen molar-refractivity contribution < 1.29 is 4.79 Å². The predicted octanol–water partition coefficient (Wildman–Crippen LogP) is 6.13. The second kappa shape index (κ2) is 6.85. The van der Waals surface area contributed by atoms with Gasteiger partial charge < -0.3 is 0 Å². The Balaban J connectivity index is 1.88. The molecule has 0 radical (unpaired) electrons. The molecule has 0 spiro atoms. The zero-order chi connectivity index (χ0) is 17.9. The molecule has 0 aliphatic rings. The number of hydrogen-bond acceptors (Lipinski definition) is 1. The summed E-state index contributed by atoms with van der Waals surface area (Å²) in [4.78, 5) is 15.2. The lowest BCUT2D eigenvalue weighted by Crippen LogP contribution is -2.26. The molecule has 0 unspecified atom stereocenters. The average molecular weight is 337 g/mol. The Hall–Kier alpha value is -3.39. The van der Waals surface area contributed by atoms with Gasteiger partial charge in [0, 0.05) is 16.9 Å². The number of carbonyl (C=O) groups is 1. The van der Waals surface area contributed by atoms with E-state index in [9.17, 15) is 4.79 Å². The van der Waals surface area contributed by atoms with Crippen LogP contribution in [0.2, 0.25) is 0 Å². The molecule has 0 aromatic heterocycles. The number of benzene rings is 4. The monoisotopic (exact) mass is 337 g/mol. The van der Waals surface area contributed by atoms with Gasteiger partial charge in [-0.3, -0.25) is 9.69 Å². The van der Waals surface area contributed by atoms with Crippen LogP contribution in [0.1, 0.15) is 15.9 Å². The molecule has 0 bridgehead atoms. The molecule has 4 aromatic rings. The van der Waals surface area contributed by atoms with Gasteiger partial charge in [0.25, 0.3) is 5.91 Å². The molecule has 0 aliphatic carbocycles. The topological polar surface area (TPSA) is 20.3 Å². The molecule has 0 heterocycles. The summed E-state index contributed by atoms with van der Waals surface area (Å²) in [5.74, 6) is -0.0235. The number of nitrogens with zero attached hydrogens (tertiary/aromatic N) is 1. The molecule has 0 N–H and O–H groups in total. The first-order valence-electron chi connectivity index (χ1n) is 8.68. The van der Waals surface area contributed by atoms with Crippen LogP contribution in [0.25, 0.3) is 10.8 Å². The summed E-state index contributed by atoms with van der Waals surface area (Å²) in [7, 11) is 0. The molecule has 0 atom stereocenters. The van der Waals surface area contributed by atoms with Crippen molar-refractivity contribution in [1.82, 2.24) is 0 Å². The third-order valence-electron chi connectivity index (χ3n) is 4.58. The number of rotatable bonds is 3.